The molecule has 6 nitrogen and oxygen atoms in total. The molecular weight excluding hydrogens is 272 g/mol. The number of nitrogens with one attached hydrogen (secondary N) is 2. The van der Waals surface area contributed by atoms with Crippen LogP contribution in [0.3, 0.4) is 0 Å². The van der Waals surface area contributed by atoms with Crippen molar-refractivity contribution in [2.45, 2.75) is 25.8 Å². The van der Waals surface area contributed by atoms with E-state index in [2.05, 4.69) is 10.6 Å². The lowest BCUT2D eigenvalue weighted by Gasteiger charge is -2.13. The zero-order valence-corrected chi connectivity index (χ0v) is 12.4. The smallest absolute Gasteiger partial charge is 0.309 e. The first-order valence-electron chi connectivity index (χ1n) is 6.93. The number of aliphatic hydroxyl groups excluding tert-OH is 1. The van der Waals surface area contributed by atoms with Crippen molar-refractivity contribution in [3.63, 3.8) is 0 Å². The highest BCUT2D eigenvalue weighted by Gasteiger charge is 2.16. The molecule has 0 aliphatic rings. The third-order valence-corrected chi connectivity index (χ3v) is 3.11. The SMILES string of the molecule is CC[C@H](CO)NC(=O)C(=O)NCCc1ccc(OC)cc1. The second-order valence-corrected chi connectivity index (χ2v) is 4.62. The Labute approximate surface area is 124 Å². The Kier molecular flexibility index (Phi) is 7.25. The monoisotopic (exact) mass is 294 g/mol. The number of carbonyl (C=O) groups is 2. The lowest BCUT2D eigenvalue weighted by atomic mass is 10.1. The molecule has 0 unspecified atom stereocenters. The van der Waals surface area contributed by atoms with Crippen LogP contribution < -0.4 is 15.4 Å². The average molecular weight is 294 g/mol. The number of hydrogen-bond donors (Lipinski definition) is 3. The van der Waals surface area contributed by atoms with E-state index < -0.39 is 11.8 Å². The van der Waals surface area contributed by atoms with E-state index in [0.29, 0.717) is 19.4 Å². The maximum atomic E-state index is 11.6. The summed E-state index contributed by atoms with van der Waals surface area (Å²) < 4.78 is 5.06. The van der Waals surface area contributed by atoms with Crippen molar-refractivity contribution in [1.29, 1.82) is 0 Å². The molecule has 6 heteroatoms. The van der Waals surface area contributed by atoms with E-state index in [-0.39, 0.29) is 12.6 Å². The zero-order valence-electron chi connectivity index (χ0n) is 12.4. The van der Waals surface area contributed by atoms with Crippen molar-refractivity contribution in [3.8, 4) is 5.75 Å². The van der Waals surface area contributed by atoms with E-state index in [1.54, 1.807) is 7.11 Å². The van der Waals surface area contributed by atoms with Crippen molar-refractivity contribution in [3.05, 3.63) is 29.8 Å². The van der Waals surface area contributed by atoms with E-state index in [1.165, 1.54) is 0 Å². The minimum Gasteiger partial charge on any atom is -0.497 e. The standard InChI is InChI=1S/C15H22N2O4/c1-3-12(10-18)17-15(20)14(19)16-9-8-11-4-6-13(21-2)7-5-11/h4-7,12,18H,3,8-10H2,1-2H3,(H,16,19)(H,17,20)/t12-/m1/s1. The van der Waals surface area contributed by atoms with Gasteiger partial charge in [-0.25, -0.2) is 0 Å². The van der Waals surface area contributed by atoms with Gasteiger partial charge >= 0.3 is 11.8 Å². The number of hydrogen-bond acceptors (Lipinski definition) is 4. The van der Waals surface area contributed by atoms with Crippen molar-refractivity contribution in [1.82, 2.24) is 10.6 Å². The molecule has 0 bridgehead atoms. The molecule has 116 valence electrons. The first kappa shape index (κ1) is 17.0. The number of methoxy groups -OCH3 is 1. The van der Waals surface area contributed by atoms with E-state index >= 15 is 0 Å². The van der Waals surface area contributed by atoms with E-state index in [4.69, 9.17) is 9.84 Å². The van der Waals surface area contributed by atoms with Crippen LogP contribution in [0.2, 0.25) is 0 Å². The minimum absolute atomic E-state index is 0.179. The summed E-state index contributed by atoms with van der Waals surface area (Å²) in [6.45, 7) is 2.01. The molecule has 0 aliphatic carbocycles. The molecule has 0 heterocycles. The molecule has 0 fully saturated rings. The normalized spacial score (nSPS) is 11.6. The topological polar surface area (TPSA) is 87.7 Å². The van der Waals surface area contributed by atoms with Gasteiger partial charge in [-0.05, 0) is 30.5 Å². The summed E-state index contributed by atoms with van der Waals surface area (Å²) in [5.41, 5.74) is 1.04. The number of carbonyl (C=O) groups excluding carboxylic acids is 2. The van der Waals surface area contributed by atoms with Crippen molar-refractivity contribution < 1.29 is 19.4 Å². The summed E-state index contributed by atoms with van der Waals surface area (Å²) in [5.74, 6) is -0.627. The van der Waals surface area contributed by atoms with Gasteiger partial charge in [0, 0.05) is 6.54 Å². The van der Waals surface area contributed by atoms with Crippen LogP contribution in [-0.2, 0) is 16.0 Å². The van der Waals surface area contributed by atoms with Crippen molar-refractivity contribution in [2.75, 3.05) is 20.3 Å². The molecule has 0 saturated heterocycles. The van der Waals surface area contributed by atoms with Gasteiger partial charge in [-0.2, -0.15) is 0 Å². The molecule has 0 saturated carbocycles. The van der Waals surface area contributed by atoms with Gasteiger partial charge in [0.2, 0.25) is 0 Å². The molecule has 1 aromatic rings. The molecule has 2 amide bonds. The highest BCUT2D eigenvalue weighted by molar-refractivity contribution is 6.35. The average Bonchev–Trinajstić information content (AvgIpc) is 2.52. The van der Waals surface area contributed by atoms with Crippen LogP contribution in [0.15, 0.2) is 24.3 Å². The summed E-state index contributed by atoms with van der Waals surface area (Å²) in [6, 6.07) is 7.12. The minimum atomic E-state index is -0.717. The summed E-state index contributed by atoms with van der Waals surface area (Å²) >= 11 is 0. The van der Waals surface area contributed by atoms with Crippen molar-refractivity contribution >= 4 is 11.8 Å². The Morgan fingerprint density at radius 3 is 2.43 bits per heavy atom. The summed E-state index contributed by atoms with van der Waals surface area (Å²) in [6.07, 6.45) is 1.20. The van der Waals surface area contributed by atoms with E-state index in [1.807, 2.05) is 31.2 Å². The third-order valence-electron chi connectivity index (χ3n) is 3.11. The van der Waals surface area contributed by atoms with Crippen LogP contribution in [0.5, 0.6) is 5.75 Å². The molecule has 0 radical (unpaired) electrons. The largest absolute Gasteiger partial charge is 0.497 e. The number of benzene rings is 1. The Hall–Kier alpha value is -2.08. The molecule has 0 aliphatic heterocycles. The highest BCUT2D eigenvalue weighted by atomic mass is 16.5. The van der Waals surface area contributed by atoms with Gasteiger partial charge in [0.15, 0.2) is 0 Å². The van der Waals surface area contributed by atoms with Crippen LogP contribution in [0.4, 0.5) is 0 Å². The fourth-order valence-electron chi connectivity index (χ4n) is 1.72. The van der Waals surface area contributed by atoms with Gasteiger partial charge in [0.25, 0.3) is 0 Å². The Balaban J connectivity index is 2.33. The van der Waals surface area contributed by atoms with Crippen LogP contribution in [0.25, 0.3) is 0 Å². The van der Waals surface area contributed by atoms with Gasteiger partial charge in [-0.1, -0.05) is 19.1 Å². The maximum Gasteiger partial charge on any atom is 0.309 e. The summed E-state index contributed by atoms with van der Waals surface area (Å²) in [4.78, 5) is 23.1. The number of aliphatic hydroxyl groups is 1. The predicted octanol–water partition coefficient (Wildman–Crippen LogP) is 0.241. The molecule has 1 aromatic carbocycles. The fourth-order valence-corrected chi connectivity index (χ4v) is 1.72. The highest BCUT2D eigenvalue weighted by Crippen LogP contribution is 2.11. The Bertz CT molecular complexity index is 455. The van der Waals surface area contributed by atoms with Gasteiger partial charge in [0.05, 0.1) is 19.8 Å². The van der Waals surface area contributed by atoms with E-state index in [9.17, 15) is 9.59 Å². The fraction of sp³-hybridized carbons (Fsp3) is 0.467. The first-order chi connectivity index (χ1) is 10.1. The number of ether oxygens (including phenoxy) is 1. The quantitative estimate of drug-likeness (QED) is 0.629. The molecule has 21 heavy (non-hydrogen) atoms. The Morgan fingerprint density at radius 2 is 1.90 bits per heavy atom. The zero-order chi connectivity index (χ0) is 15.7. The first-order valence-corrected chi connectivity index (χ1v) is 6.93. The number of amides is 2. The van der Waals surface area contributed by atoms with Crippen LogP contribution in [0, 0.1) is 0 Å². The molecule has 0 aromatic heterocycles. The molecule has 1 atom stereocenters. The molecular formula is C15H22N2O4. The van der Waals surface area contributed by atoms with E-state index in [0.717, 1.165) is 11.3 Å². The third kappa shape index (κ3) is 5.83. The molecule has 1 rings (SSSR count). The second-order valence-electron chi connectivity index (χ2n) is 4.62. The number of rotatable bonds is 7. The van der Waals surface area contributed by atoms with Crippen molar-refractivity contribution in [2.24, 2.45) is 0 Å². The van der Waals surface area contributed by atoms with Crippen LogP contribution >= 0.6 is 0 Å². The molecule has 0 spiro atoms. The summed E-state index contributed by atoms with van der Waals surface area (Å²) in [5, 5.41) is 14.0. The lowest BCUT2D eigenvalue weighted by Crippen LogP contribution is -2.46. The maximum absolute atomic E-state index is 11.6. The van der Waals surface area contributed by atoms with Gasteiger partial charge in [-0.3, -0.25) is 9.59 Å². The van der Waals surface area contributed by atoms with Gasteiger partial charge < -0.3 is 20.5 Å². The van der Waals surface area contributed by atoms with Crippen LogP contribution in [0.1, 0.15) is 18.9 Å². The lowest BCUT2D eigenvalue weighted by molar-refractivity contribution is -0.139. The van der Waals surface area contributed by atoms with Gasteiger partial charge in [0.1, 0.15) is 5.75 Å². The second kappa shape index (κ2) is 8.97. The summed E-state index contributed by atoms with van der Waals surface area (Å²) in [7, 11) is 1.60. The van der Waals surface area contributed by atoms with Crippen LogP contribution in [-0.4, -0.2) is 43.2 Å². The van der Waals surface area contributed by atoms with Gasteiger partial charge in [-0.15, -0.1) is 0 Å². The molecule has 3 N–H and O–H groups in total. The Morgan fingerprint density at radius 1 is 1.24 bits per heavy atom. The predicted molar refractivity (Wildman–Crippen MR) is 79.0 cm³/mol.